The molecule has 2 saturated heterocycles. The number of hydrogen-bond acceptors (Lipinski definition) is 5. The summed E-state index contributed by atoms with van der Waals surface area (Å²) < 4.78 is 32.8. The van der Waals surface area contributed by atoms with Crippen molar-refractivity contribution in [3.8, 4) is 0 Å². The first-order valence-electron chi connectivity index (χ1n) is 14.9. The zero-order chi connectivity index (χ0) is 27.8. The predicted molar refractivity (Wildman–Crippen MR) is 152 cm³/mol. The van der Waals surface area contributed by atoms with E-state index >= 15 is 0 Å². The summed E-state index contributed by atoms with van der Waals surface area (Å²) >= 11 is 0. The fourth-order valence-electron chi connectivity index (χ4n) is 7.45. The highest BCUT2D eigenvalue weighted by atomic mass is 19.2. The number of benzene rings is 2. The van der Waals surface area contributed by atoms with Crippen LogP contribution in [0.4, 0.5) is 14.5 Å². The number of amides is 1. The topological polar surface area (TPSA) is 52.8 Å². The molecular formula is C32H40F2N4O2. The molecule has 6 nitrogen and oxygen atoms in total. The molecular weight excluding hydrogens is 510 g/mol. The van der Waals surface area contributed by atoms with Gasteiger partial charge >= 0.3 is 0 Å². The molecule has 3 aromatic rings. The highest BCUT2D eigenvalue weighted by molar-refractivity contribution is 5.80. The summed E-state index contributed by atoms with van der Waals surface area (Å²) in [5.41, 5.74) is 3.70. The Balaban J connectivity index is 1.09. The quantitative estimate of drug-likeness (QED) is 0.395. The minimum atomic E-state index is -0.832. The molecule has 6 rings (SSSR count). The number of hydrogen-bond donors (Lipinski definition) is 0. The highest BCUT2D eigenvalue weighted by Crippen LogP contribution is 2.40. The van der Waals surface area contributed by atoms with E-state index < -0.39 is 11.6 Å². The largest absolute Gasteiger partial charge is 0.441 e. The maximum Gasteiger partial charge on any atom is 0.227 e. The van der Waals surface area contributed by atoms with Gasteiger partial charge in [0.05, 0.1) is 5.92 Å². The molecule has 214 valence electrons. The number of nitrogens with zero attached hydrogens (tertiary/aromatic N) is 4. The molecule has 0 radical (unpaired) electrons. The first-order valence-corrected chi connectivity index (χ1v) is 14.9. The molecule has 2 aromatic carbocycles. The number of anilines is 1. The summed E-state index contributed by atoms with van der Waals surface area (Å²) in [4.78, 5) is 25.1. The van der Waals surface area contributed by atoms with Gasteiger partial charge in [0.2, 0.25) is 5.91 Å². The minimum Gasteiger partial charge on any atom is -0.441 e. The number of rotatable bonds is 6. The van der Waals surface area contributed by atoms with Crippen molar-refractivity contribution < 1.29 is 18.0 Å². The molecule has 0 N–H and O–H groups in total. The average Bonchev–Trinajstić information content (AvgIpc) is 3.33. The molecule has 3 fully saturated rings. The monoisotopic (exact) mass is 550 g/mol. The van der Waals surface area contributed by atoms with Gasteiger partial charge in [-0.2, -0.15) is 0 Å². The molecule has 0 bridgehead atoms. The molecule has 0 unspecified atom stereocenters. The third-order valence-corrected chi connectivity index (χ3v) is 9.32. The zero-order valence-corrected chi connectivity index (χ0v) is 23.6. The van der Waals surface area contributed by atoms with Gasteiger partial charge < -0.3 is 19.1 Å². The van der Waals surface area contributed by atoms with Gasteiger partial charge in [-0.3, -0.25) is 4.79 Å². The van der Waals surface area contributed by atoms with Crippen LogP contribution in [-0.2, 0) is 11.2 Å². The van der Waals surface area contributed by atoms with Crippen LogP contribution in [0.25, 0.3) is 11.1 Å². The molecule has 1 amide bonds. The molecule has 4 atom stereocenters. The SMILES string of the molecule is Cc1nc2cc(C[C@H](C)CN3C[C@H]4CCCC[C@@H]4[C@H](C(=O)N4CCN(c5ccc(F)c(F)c5)CC4)C3)ccc2o1. The summed E-state index contributed by atoms with van der Waals surface area (Å²) in [6, 6.07) is 10.4. The van der Waals surface area contributed by atoms with E-state index in [4.69, 9.17) is 4.42 Å². The lowest BCUT2D eigenvalue weighted by Crippen LogP contribution is -2.57. The van der Waals surface area contributed by atoms with E-state index in [9.17, 15) is 13.6 Å². The van der Waals surface area contributed by atoms with Gasteiger partial charge in [0.15, 0.2) is 23.1 Å². The molecule has 1 aliphatic carbocycles. The Bertz CT molecular complexity index is 1350. The van der Waals surface area contributed by atoms with Crippen molar-refractivity contribution in [2.75, 3.05) is 50.7 Å². The second kappa shape index (κ2) is 11.5. The van der Waals surface area contributed by atoms with Gasteiger partial charge in [-0.1, -0.05) is 25.8 Å². The molecule has 3 aliphatic rings. The van der Waals surface area contributed by atoms with Gasteiger partial charge in [-0.15, -0.1) is 0 Å². The van der Waals surface area contributed by atoms with Crippen molar-refractivity contribution in [2.24, 2.45) is 23.7 Å². The standard InChI is InChI=1S/C32H40F2N4O2/c1-21(15-23-7-10-31-30(16-23)35-22(2)40-31)18-36-19-24-5-3-4-6-26(24)27(20-36)32(39)38-13-11-37(12-14-38)25-8-9-28(33)29(34)17-25/h7-10,16-17,21,24,26-27H,3-6,11-15,18-20H2,1-2H3/t21-,24+,26-,27+/m0/s1. The summed E-state index contributed by atoms with van der Waals surface area (Å²) in [5.74, 6) is 0.863. The van der Waals surface area contributed by atoms with E-state index in [2.05, 4.69) is 28.9 Å². The molecule has 40 heavy (non-hydrogen) atoms. The van der Waals surface area contributed by atoms with Crippen LogP contribution >= 0.6 is 0 Å². The van der Waals surface area contributed by atoms with Crippen LogP contribution in [0.3, 0.4) is 0 Å². The lowest BCUT2D eigenvalue weighted by Gasteiger charge is -2.48. The lowest BCUT2D eigenvalue weighted by atomic mass is 9.69. The fourth-order valence-corrected chi connectivity index (χ4v) is 7.45. The number of carbonyl (C=O) groups is 1. The maximum absolute atomic E-state index is 14.0. The van der Waals surface area contributed by atoms with E-state index in [1.54, 1.807) is 6.07 Å². The Morgan fingerprint density at radius 1 is 1.02 bits per heavy atom. The van der Waals surface area contributed by atoms with Crippen LogP contribution in [0.5, 0.6) is 0 Å². The molecule has 1 aromatic heterocycles. The van der Waals surface area contributed by atoms with Crippen LogP contribution in [-0.4, -0.2) is 66.5 Å². The van der Waals surface area contributed by atoms with E-state index in [0.29, 0.717) is 55.5 Å². The van der Waals surface area contributed by atoms with Crippen LogP contribution in [0.1, 0.15) is 44.1 Å². The molecule has 0 spiro atoms. The Morgan fingerprint density at radius 2 is 1.82 bits per heavy atom. The third kappa shape index (κ3) is 5.73. The van der Waals surface area contributed by atoms with Crippen LogP contribution in [0.15, 0.2) is 40.8 Å². The number of carbonyl (C=O) groups excluding carboxylic acids is 1. The first-order chi connectivity index (χ1) is 19.3. The van der Waals surface area contributed by atoms with Gasteiger partial charge in [0.25, 0.3) is 0 Å². The van der Waals surface area contributed by atoms with Crippen molar-refractivity contribution in [3.63, 3.8) is 0 Å². The van der Waals surface area contributed by atoms with Gasteiger partial charge in [0.1, 0.15) is 5.52 Å². The summed E-state index contributed by atoms with van der Waals surface area (Å²) in [6.07, 6.45) is 5.81. The van der Waals surface area contributed by atoms with Crippen LogP contribution < -0.4 is 4.90 Å². The minimum absolute atomic E-state index is 0.0375. The number of halogens is 2. The Hall–Kier alpha value is -3.00. The molecule has 1 saturated carbocycles. The lowest BCUT2D eigenvalue weighted by molar-refractivity contribution is -0.142. The summed E-state index contributed by atoms with van der Waals surface area (Å²) in [5, 5.41) is 0. The van der Waals surface area contributed by atoms with Gasteiger partial charge in [0, 0.05) is 64.5 Å². The zero-order valence-electron chi connectivity index (χ0n) is 23.6. The Kier molecular flexibility index (Phi) is 7.80. The number of likely N-dealkylation sites (tertiary alicyclic amines) is 1. The smallest absolute Gasteiger partial charge is 0.227 e. The molecule has 2 aliphatic heterocycles. The number of aromatic nitrogens is 1. The predicted octanol–water partition coefficient (Wildman–Crippen LogP) is 5.68. The summed E-state index contributed by atoms with van der Waals surface area (Å²) in [6.45, 7) is 9.58. The number of fused-ring (bicyclic) bond motifs is 2. The van der Waals surface area contributed by atoms with Crippen LogP contribution in [0.2, 0.25) is 0 Å². The first kappa shape index (κ1) is 27.2. The Labute approximate surface area is 235 Å². The summed E-state index contributed by atoms with van der Waals surface area (Å²) in [7, 11) is 0. The number of piperazine rings is 1. The van der Waals surface area contributed by atoms with Crippen LogP contribution in [0, 0.1) is 42.2 Å². The van der Waals surface area contributed by atoms with Crippen molar-refractivity contribution in [1.82, 2.24) is 14.8 Å². The van der Waals surface area contributed by atoms with Gasteiger partial charge in [-0.25, -0.2) is 13.8 Å². The maximum atomic E-state index is 14.0. The number of oxazole rings is 1. The second-order valence-corrected chi connectivity index (χ2v) is 12.3. The van der Waals surface area contributed by atoms with Gasteiger partial charge in [-0.05, 0) is 66.8 Å². The van der Waals surface area contributed by atoms with E-state index in [1.807, 2.05) is 22.8 Å². The molecule has 3 heterocycles. The number of aryl methyl sites for hydroxylation is 1. The van der Waals surface area contributed by atoms with E-state index in [0.717, 1.165) is 43.6 Å². The number of piperidine rings is 1. The van der Waals surface area contributed by atoms with E-state index in [-0.39, 0.29) is 11.8 Å². The van der Waals surface area contributed by atoms with Crippen molar-refractivity contribution in [1.29, 1.82) is 0 Å². The highest BCUT2D eigenvalue weighted by Gasteiger charge is 2.43. The van der Waals surface area contributed by atoms with Crippen molar-refractivity contribution >= 4 is 22.7 Å². The van der Waals surface area contributed by atoms with E-state index in [1.165, 1.54) is 37.0 Å². The second-order valence-electron chi connectivity index (χ2n) is 12.3. The van der Waals surface area contributed by atoms with Crippen molar-refractivity contribution in [3.05, 3.63) is 59.5 Å². The fraction of sp³-hybridized carbons (Fsp3) is 0.562. The van der Waals surface area contributed by atoms with Crippen molar-refractivity contribution in [2.45, 2.75) is 46.0 Å². The Morgan fingerprint density at radius 3 is 2.62 bits per heavy atom. The normalized spacial score (nSPS) is 24.8. The average molecular weight is 551 g/mol. The molecule has 8 heteroatoms. The third-order valence-electron chi connectivity index (χ3n) is 9.32.